The Kier molecular flexibility index (Phi) is 4.94. The van der Waals surface area contributed by atoms with Crippen LogP contribution in [-0.4, -0.2) is 34.4 Å². The van der Waals surface area contributed by atoms with Gasteiger partial charge in [0.05, 0.1) is 22.3 Å². The van der Waals surface area contributed by atoms with Crippen molar-refractivity contribution >= 4 is 34.7 Å². The number of pyridine rings is 1. The molecular formula is C16H19ClN4OS. The van der Waals surface area contributed by atoms with E-state index in [9.17, 15) is 4.79 Å². The molecule has 0 fully saturated rings. The van der Waals surface area contributed by atoms with E-state index < -0.39 is 0 Å². The SMILES string of the molecule is Cc1nc2c(s1)C(N(C)CC(=O)Nc1ccc(Cl)cn1)CCC2. The van der Waals surface area contributed by atoms with Crippen molar-refractivity contribution in [3.8, 4) is 0 Å². The van der Waals surface area contributed by atoms with Gasteiger partial charge in [0, 0.05) is 17.1 Å². The summed E-state index contributed by atoms with van der Waals surface area (Å²) in [5, 5.41) is 4.46. The maximum Gasteiger partial charge on any atom is 0.239 e. The van der Waals surface area contributed by atoms with Crippen molar-refractivity contribution in [3.05, 3.63) is 38.9 Å². The van der Waals surface area contributed by atoms with Crippen LogP contribution in [0.4, 0.5) is 5.82 Å². The van der Waals surface area contributed by atoms with E-state index in [1.165, 1.54) is 16.8 Å². The van der Waals surface area contributed by atoms with E-state index in [0.717, 1.165) is 24.3 Å². The van der Waals surface area contributed by atoms with Crippen molar-refractivity contribution in [2.24, 2.45) is 0 Å². The Bertz CT molecular complexity index is 701. The molecule has 0 bridgehead atoms. The lowest BCUT2D eigenvalue weighted by molar-refractivity contribution is -0.117. The van der Waals surface area contributed by atoms with Gasteiger partial charge in [0.15, 0.2) is 0 Å². The molecule has 122 valence electrons. The van der Waals surface area contributed by atoms with Crippen LogP contribution in [0, 0.1) is 6.92 Å². The quantitative estimate of drug-likeness (QED) is 0.917. The van der Waals surface area contributed by atoms with Crippen LogP contribution >= 0.6 is 22.9 Å². The lowest BCUT2D eigenvalue weighted by Crippen LogP contribution is -2.34. The van der Waals surface area contributed by atoms with E-state index in [2.05, 4.69) is 20.2 Å². The number of anilines is 1. The van der Waals surface area contributed by atoms with Crippen molar-refractivity contribution < 1.29 is 4.79 Å². The third-order valence-electron chi connectivity index (χ3n) is 3.95. The summed E-state index contributed by atoms with van der Waals surface area (Å²) in [6, 6.07) is 3.68. The maximum atomic E-state index is 12.2. The van der Waals surface area contributed by atoms with Crippen LogP contribution in [0.5, 0.6) is 0 Å². The lowest BCUT2D eigenvalue weighted by atomic mass is 9.97. The molecule has 2 heterocycles. The molecule has 3 rings (SSSR count). The zero-order valence-corrected chi connectivity index (χ0v) is 14.7. The number of hydrogen-bond acceptors (Lipinski definition) is 5. The second kappa shape index (κ2) is 6.95. The van der Waals surface area contributed by atoms with Crippen molar-refractivity contribution in [2.75, 3.05) is 18.9 Å². The third-order valence-corrected chi connectivity index (χ3v) is 5.29. The highest BCUT2D eigenvalue weighted by Crippen LogP contribution is 2.37. The van der Waals surface area contributed by atoms with Crippen molar-refractivity contribution in [3.63, 3.8) is 0 Å². The molecule has 23 heavy (non-hydrogen) atoms. The number of hydrogen-bond donors (Lipinski definition) is 1. The predicted molar refractivity (Wildman–Crippen MR) is 93.0 cm³/mol. The monoisotopic (exact) mass is 350 g/mol. The first-order valence-corrected chi connectivity index (χ1v) is 8.80. The Hall–Kier alpha value is -1.50. The van der Waals surface area contributed by atoms with E-state index in [0.29, 0.717) is 17.4 Å². The van der Waals surface area contributed by atoms with Gasteiger partial charge < -0.3 is 5.32 Å². The summed E-state index contributed by atoms with van der Waals surface area (Å²) >= 11 is 7.54. The molecule has 1 aliphatic carbocycles. The molecule has 1 unspecified atom stereocenters. The van der Waals surface area contributed by atoms with Crippen molar-refractivity contribution in [1.82, 2.24) is 14.9 Å². The maximum absolute atomic E-state index is 12.2. The molecule has 0 saturated carbocycles. The van der Waals surface area contributed by atoms with Crippen molar-refractivity contribution in [2.45, 2.75) is 32.2 Å². The summed E-state index contributed by atoms with van der Waals surface area (Å²) in [5.41, 5.74) is 1.20. The molecule has 5 nitrogen and oxygen atoms in total. The molecule has 1 aliphatic rings. The fraction of sp³-hybridized carbons (Fsp3) is 0.438. The number of aromatic nitrogens is 2. The summed E-state index contributed by atoms with van der Waals surface area (Å²) in [6.07, 6.45) is 4.75. The summed E-state index contributed by atoms with van der Waals surface area (Å²) < 4.78 is 0. The average molecular weight is 351 g/mol. The molecule has 0 radical (unpaired) electrons. The highest BCUT2D eigenvalue weighted by Gasteiger charge is 2.27. The number of aryl methyl sites for hydroxylation is 2. The number of likely N-dealkylation sites (N-methyl/N-ethyl adjacent to an activating group) is 1. The number of rotatable bonds is 4. The number of nitrogens with zero attached hydrogens (tertiary/aromatic N) is 3. The van der Waals surface area contributed by atoms with Crippen LogP contribution in [0.1, 0.15) is 34.5 Å². The first-order chi connectivity index (χ1) is 11.0. The van der Waals surface area contributed by atoms with E-state index in [-0.39, 0.29) is 11.9 Å². The van der Waals surface area contributed by atoms with Crippen LogP contribution < -0.4 is 5.32 Å². The Morgan fingerprint density at radius 2 is 2.35 bits per heavy atom. The molecule has 1 amide bonds. The molecule has 1 atom stereocenters. The van der Waals surface area contributed by atoms with Gasteiger partial charge in [-0.15, -0.1) is 11.3 Å². The number of fused-ring (bicyclic) bond motifs is 1. The van der Waals surface area contributed by atoms with Crippen LogP contribution in [0.15, 0.2) is 18.3 Å². The molecule has 7 heteroatoms. The summed E-state index contributed by atoms with van der Waals surface area (Å²) in [7, 11) is 1.99. The minimum absolute atomic E-state index is 0.0734. The Morgan fingerprint density at radius 3 is 3.09 bits per heavy atom. The highest BCUT2D eigenvalue weighted by molar-refractivity contribution is 7.11. The number of carbonyl (C=O) groups is 1. The molecule has 0 aromatic carbocycles. The van der Waals surface area contributed by atoms with Gasteiger partial charge in [0.1, 0.15) is 5.82 Å². The zero-order chi connectivity index (χ0) is 16.4. The van der Waals surface area contributed by atoms with Gasteiger partial charge in [-0.3, -0.25) is 9.69 Å². The molecule has 0 saturated heterocycles. The fourth-order valence-electron chi connectivity index (χ4n) is 2.91. The number of carbonyl (C=O) groups excluding carboxylic acids is 1. The molecule has 0 spiro atoms. The number of thiazole rings is 1. The molecular weight excluding hydrogens is 332 g/mol. The Balaban J connectivity index is 1.64. The zero-order valence-electron chi connectivity index (χ0n) is 13.2. The highest BCUT2D eigenvalue weighted by atomic mass is 35.5. The van der Waals surface area contributed by atoms with Gasteiger partial charge in [0.25, 0.3) is 0 Å². The minimum Gasteiger partial charge on any atom is -0.310 e. The predicted octanol–water partition coefficient (Wildman–Crippen LogP) is 3.45. The minimum atomic E-state index is -0.0734. The first-order valence-electron chi connectivity index (χ1n) is 7.61. The number of amides is 1. The summed E-state index contributed by atoms with van der Waals surface area (Å²) in [4.78, 5) is 24.3. The fourth-order valence-corrected chi connectivity index (χ4v) is 4.19. The summed E-state index contributed by atoms with van der Waals surface area (Å²) in [6.45, 7) is 2.37. The second-order valence-electron chi connectivity index (χ2n) is 5.78. The van der Waals surface area contributed by atoms with E-state index in [1.54, 1.807) is 23.5 Å². The largest absolute Gasteiger partial charge is 0.310 e. The lowest BCUT2D eigenvalue weighted by Gasteiger charge is -2.30. The number of halogens is 1. The Morgan fingerprint density at radius 1 is 1.52 bits per heavy atom. The van der Waals surface area contributed by atoms with Crippen LogP contribution in [-0.2, 0) is 11.2 Å². The molecule has 2 aromatic rings. The normalized spacial score (nSPS) is 17.1. The van der Waals surface area contributed by atoms with Gasteiger partial charge in [-0.2, -0.15) is 0 Å². The van der Waals surface area contributed by atoms with Gasteiger partial charge in [-0.25, -0.2) is 9.97 Å². The van der Waals surface area contributed by atoms with Crippen LogP contribution in [0.2, 0.25) is 5.02 Å². The molecule has 0 aliphatic heterocycles. The Labute approximate surface area is 144 Å². The van der Waals surface area contributed by atoms with E-state index in [1.807, 2.05) is 14.0 Å². The molecule has 1 N–H and O–H groups in total. The third kappa shape index (κ3) is 3.88. The number of nitrogens with one attached hydrogen (secondary N) is 1. The second-order valence-corrected chi connectivity index (χ2v) is 7.45. The van der Waals surface area contributed by atoms with Crippen LogP contribution in [0.25, 0.3) is 0 Å². The topological polar surface area (TPSA) is 58.1 Å². The van der Waals surface area contributed by atoms with E-state index >= 15 is 0 Å². The van der Waals surface area contributed by atoms with E-state index in [4.69, 9.17) is 11.6 Å². The van der Waals surface area contributed by atoms with Gasteiger partial charge >= 0.3 is 0 Å². The summed E-state index contributed by atoms with van der Waals surface area (Å²) in [5.74, 6) is 0.446. The van der Waals surface area contributed by atoms with Gasteiger partial charge in [-0.1, -0.05) is 11.6 Å². The average Bonchev–Trinajstić information content (AvgIpc) is 2.89. The van der Waals surface area contributed by atoms with Gasteiger partial charge in [0.2, 0.25) is 5.91 Å². The molecule has 2 aromatic heterocycles. The first kappa shape index (κ1) is 16.4. The van der Waals surface area contributed by atoms with Crippen molar-refractivity contribution in [1.29, 1.82) is 0 Å². The van der Waals surface area contributed by atoms with Gasteiger partial charge in [-0.05, 0) is 45.4 Å². The van der Waals surface area contributed by atoms with Crippen LogP contribution in [0.3, 0.4) is 0 Å². The smallest absolute Gasteiger partial charge is 0.239 e. The standard InChI is InChI=1S/C16H19ClN4OS/c1-10-19-12-4-3-5-13(16(12)23-10)21(2)9-15(22)20-14-7-6-11(17)8-18-14/h6-8,13H,3-5,9H2,1-2H3,(H,18,20,22).